The van der Waals surface area contributed by atoms with E-state index in [0.29, 0.717) is 5.56 Å². The Morgan fingerprint density at radius 2 is 1.95 bits per heavy atom. The first-order valence-electron chi connectivity index (χ1n) is 7.66. The van der Waals surface area contributed by atoms with Gasteiger partial charge in [0.2, 0.25) is 0 Å². The third kappa shape index (κ3) is 5.27. The van der Waals surface area contributed by atoms with E-state index in [2.05, 4.69) is 10.6 Å². The van der Waals surface area contributed by atoms with Crippen molar-refractivity contribution in [3.8, 4) is 5.75 Å². The molecule has 1 aliphatic carbocycles. The van der Waals surface area contributed by atoms with Gasteiger partial charge in [-0.1, -0.05) is 37.8 Å². The van der Waals surface area contributed by atoms with Crippen molar-refractivity contribution in [1.82, 2.24) is 10.6 Å². The van der Waals surface area contributed by atoms with Crippen molar-refractivity contribution in [2.24, 2.45) is 0 Å². The van der Waals surface area contributed by atoms with Gasteiger partial charge in [-0.25, -0.2) is 4.79 Å². The SMILES string of the molecule is O=C(NCC(O)c1cccc(O)c1)NC1CCCCCC1. The van der Waals surface area contributed by atoms with Gasteiger partial charge in [0, 0.05) is 12.6 Å². The summed E-state index contributed by atoms with van der Waals surface area (Å²) in [6.07, 6.45) is 6.06. The Balaban J connectivity index is 1.75. The topological polar surface area (TPSA) is 81.6 Å². The van der Waals surface area contributed by atoms with Crippen LogP contribution in [0.3, 0.4) is 0 Å². The average molecular weight is 292 g/mol. The highest BCUT2D eigenvalue weighted by Crippen LogP contribution is 2.18. The Labute approximate surface area is 125 Å². The van der Waals surface area contributed by atoms with Crippen LogP contribution in [0.2, 0.25) is 0 Å². The summed E-state index contributed by atoms with van der Waals surface area (Å²) in [5.74, 6) is 0.106. The molecule has 0 aliphatic heterocycles. The molecule has 1 aliphatic rings. The van der Waals surface area contributed by atoms with Crippen LogP contribution in [0.15, 0.2) is 24.3 Å². The van der Waals surface area contributed by atoms with E-state index >= 15 is 0 Å². The molecule has 1 unspecified atom stereocenters. The van der Waals surface area contributed by atoms with Crippen molar-refractivity contribution in [3.63, 3.8) is 0 Å². The zero-order valence-corrected chi connectivity index (χ0v) is 12.2. The number of amides is 2. The number of urea groups is 1. The van der Waals surface area contributed by atoms with Crippen LogP contribution >= 0.6 is 0 Å². The summed E-state index contributed by atoms with van der Waals surface area (Å²) in [6.45, 7) is 0.127. The molecule has 2 amide bonds. The molecule has 116 valence electrons. The van der Waals surface area contributed by atoms with Gasteiger partial charge >= 0.3 is 6.03 Å². The second kappa shape index (κ2) is 7.88. The maximum absolute atomic E-state index is 11.8. The molecule has 1 fully saturated rings. The number of nitrogens with one attached hydrogen (secondary N) is 2. The van der Waals surface area contributed by atoms with Crippen LogP contribution in [-0.4, -0.2) is 28.8 Å². The van der Waals surface area contributed by atoms with Gasteiger partial charge in [-0.3, -0.25) is 0 Å². The fourth-order valence-corrected chi connectivity index (χ4v) is 2.70. The third-order valence-corrected chi connectivity index (χ3v) is 3.90. The maximum atomic E-state index is 11.8. The molecule has 1 saturated carbocycles. The zero-order valence-electron chi connectivity index (χ0n) is 12.2. The monoisotopic (exact) mass is 292 g/mol. The number of carbonyl (C=O) groups is 1. The highest BCUT2D eigenvalue weighted by atomic mass is 16.3. The van der Waals surface area contributed by atoms with Gasteiger partial charge in [-0.05, 0) is 30.5 Å². The minimum atomic E-state index is -0.822. The second-order valence-electron chi connectivity index (χ2n) is 5.65. The van der Waals surface area contributed by atoms with Crippen molar-refractivity contribution in [3.05, 3.63) is 29.8 Å². The van der Waals surface area contributed by atoms with E-state index in [0.717, 1.165) is 25.7 Å². The average Bonchev–Trinajstić information content (AvgIpc) is 2.73. The summed E-state index contributed by atoms with van der Waals surface area (Å²) in [7, 11) is 0. The minimum Gasteiger partial charge on any atom is -0.508 e. The van der Waals surface area contributed by atoms with E-state index < -0.39 is 6.10 Å². The van der Waals surface area contributed by atoms with Crippen LogP contribution in [0.25, 0.3) is 0 Å². The van der Waals surface area contributed by atoms with Gasteiger partial charge < -0.3 is 20.8 Å². The largest absolute Gasteiger partial charge is 0.508 e. The van der Waals surface area contributed by atoms with Crippen LogP contribution in [-0.2, 0) is 0 Å². The number of aliphatic hydroxyl groups excluding tert-OH is 1. The molecule has 21 heavy (non-hydrogen) atoms. The van der Waals surface area contributed by atoms with Crippen LogP contribution in [0.1, 0.15) is 50.2 Å². The van der Waals surface area contributed by atoms with E-state index in [-0.39, 0.29) is 24.4 Å². The maximum Gasteiger partial charge on any atom is 0.315 e. The number of hydrogen-bond acceptors (Lipinski definition) is 3. The number of carbonyl (C=O) groups excluding carboxylic acids is 1. The van der Waals surface area contributed by atoms with Gasteiger partial charge in [0.1, 0.15) is 5.75 Å². The molecule has 1 atom stereocenters. The number of phenolic OH excluding ortho intramolecular Hbond substituents is 1. The zero-order chi connectivity index (χ0) is 15.1. The number of benzene rings is 1. The summed E-state index contributed by atoms with van der Waals surface area (Å²) in [5.41, 5.74) is 0.588. The number of hydrogen-bond donors (Lipinski definition) is 4. The van der Waals surface area contributed by atoms with E-state index in [4.69, 9.17) is 0 Å². The molecule has 0 saturated heterocycles. The van der Waals surface area contributed by atoms with E-state index in [1.807, 2.05) is 0 Å². The summed E-state index contributed by atoms with van der Waals surface area (Å²) in [5, 5.41) is 25.0. The quantitative estimate of drug-likeness (QED) is 0.643. The normalized spacial score (nSPS) is 17.8. The predicted octanol–water partition coefficient (Wildman–Crippen LogP) is 2.45. The highest BCUT2D eigenvalue weighted by molar-refractivity contribution is 5.74. The molecule has 0 heterocycles. The predicted molar refractivity (Wildman–Crippen MR) is 81.1 cm³/mol. The number of aromatic hydroxyl groups is 1. The molecule has 1 aromatic carbocycles. The standard InChI is InChI=1S/C16H24N2O3/c19-14-9-5-6-12(10-14)15(20)11-17-16(21)18-13-7-3-1-2-4-8-13/h5-6,9-10,13,15,19-20H,1-4,7-8,11H2,(H2,17,18,21). The van der Waals surface area contributed by atoms with Crippen LogP contribution in [0.5, 0.6) is 5.75 Å². The molecule has 0 aromatic heterocycles. The summed E-state index contributed by atoms with van der Waals surface area (Å²) in [4.78, 5) is 11.8. The first-order chi connectivity index (χ1) is 10.1. The number of rotatable bonds is 4. The molecular formula is C16H24N2O3. The second-order valence-corrected chi connectivity index (χ2v) is 5.65. The first-order valence-corrected chi connectivity index (χ1v) is 7.66. The lowest BCUT2D eigenvalue weighted by Crippen LogP contribution is -2.43. The van der Waals surface area contributed by atoms with Crippen molar-refractivity contribution < 1.29 is 15.0 Å². The Bertz CT molecular complexity index is 457. The molecule has 5 nitrogen and oxygen atoms in total. The summed E-state index contributed by atoms with van der Waals surface area (Å²) >= 11 is 0. The van der Waals surface area contributed by atoms with E-state index in [1.54, 1.807) is 18.2 Å². The lowest BCUT2D eigenvalue weighted by molar-refractivity contribution is 0.172. The lowest BCUT2D eigenvalue weighted by Gasteiger charge is -2.18. The van der Waals surface area contributed by atoms with Gasteiger partial charge in [-0.2, -0.15) is 0 Å². The summed E-state index contributed by atoms with van der Waals surface area (Å²) < 4.78 is 0. The lowest BCUT2D eigenvalue weighted by atomic mass is 10.1. The molecule has 4 N–H and O–H groups in total. The molecule has 1 aromatic rings. The molecular weight excluding hydrogens is 268 g/mol. The highest BCUT2D eigenvalue weighted by Gasteiger charge is 2.15. The smallest absolute Gasteiger partial charge is 0.315 e. The Kier molecular flexibility index (Phi) is 5.87. The van der Waals surface area contributed by atoms with Crippen molar-refractivity contribution in [2.75, 3.05) is 6.54 Å². The fourth-order valence-electron chi connectivity index (χ4n) is 2.70. The summed E-state index contributed by atoms with van der Waals surface area (Å²) in [6, 6.07) is 6.43. The molecule has 2 rings (SSSR count). The third-order valence-electron chi connectivity index (χ3n) is 3.90. The van der Waals surface area contributed by atoms with Crippen LogP contribution in [0, 0.1) is 0 Å². The molecule has 0 spiro atoms. The van der Waals surface area contributed by atoms with Gasteiger partial charge in [0.05, 0.1) is 6.10 Å². The van der Waals surface area contributed by atoms with Gasteiger partial charge in [0.25, 0.3) is 0 Å². The van der Waals surface area contributed by atoms with Gasteiger partial charge in [-0.15, -0.1) is 0 Å². The Morgan fingerprint density at radius 1 is 1.24 bits per heavy atom. The molecule has 0 radical (unpaired) electrons. The van der Waals surface area contributed by atoms with Crippen LogP contribution < -0.4 is 10.6 Å². The van der Waals surface area contributed by atoms with Crippen molar-refractivity contribution in [2.45, 2.75) is 50.7 Å². The Morgan fingerprint density at radius 3 is 2.62 bits per heavy atom. The van der Waals surface area contributed by atoms with E-state index in [9.17, 15) is 15.0 Å². The number of phenols is 1. The molecule has 0 bridgehead atoms. The first kappa shape index (κ1) is 15.6. The fraction of sp³-hybridized carbons (Fsp3) is 0.562. The molecule has 5 heteroatoms. The Hall–Kier alpha value is -1.75. The van der Waals surface area contributed by atoms with Crippen molar-refractivity contribution in [1.29, 1.82) is 0 Å². The number of aliphatic hydroxyl groups is 1. The van der Waals surface area contributed by atoms with E-state index in [1.165, 1.54) is 18.9 Å². The van der Waals surface area contributed by atoms with Crippen LogP contribution in [0.4, 0.5) is 4.79 Å². The van der Waals surface area contributed by atoms with Crippen molar-refractivity contribution >= 4 is 6.03 Å². The minimum absolute atomic E-state index is 0.106. The van der Waals surface area contributed by atoms with Gasteiger partial charge in [0.15, 0.2) is 0 Å².